The Hall–Kier alpha value is -0.870. The largest absolute Gasteiger partial charge is 0.340 e. The van der Waals surface area contributed by atoms with Gasteiger partial charge in [0.05, 0.1) is 13.1 Å². The number of carbonyl (C=O) groups is 1. The minimum absolute atomic E-state index is 0.180. The van der Waals surface area contributed by atoms with Gasteiger partial charge >= 0.3 is 0 Å². The maximum absolute atomic E-state index is 11.8. The standard InChI is InChI=1S/C12H18N2OS/c1-9-5-6-16-11(9)8-14(2)12(15)7-13-10-3-4-10/h5-6,10,13H,3-4,7-8H2,1-2H3. The van der Waals surface area contributed by atoms with E-state index >= 15 is 0 Å². The summed E-state index contributed by atoms with van der Waals surface area (Å²) in [5.41, 5.74) is 1.28. The number of nitrogens with zero attached hydrogens (tertiary/aromatic N) is 1. The van der Waals surface area contributed by atoms with Crippen LogP contribution >= 0.6 is 11.3 Å². The van der Waals surface area contributed by atoms with Crippen molar-refractivity contribution in [2.45, 2.75) is 32.4 Å². The molecule has 0 atom stereocenters. The average molecular weight is 238 g/mol. The maximum Gasteiger partial charge on any atom is 0.236 e. The predicted octanol–water partition coefficient (Wildman–Crippen LogP) is 1.77. The topological polar surface area (TPSA) is 32.3 Å². The number of hydrogen-bond acceptors (Lipinski definition) is 3. The molecule has 0 saturated heterocycles. The third kappa shape index (κ3) is 3.06. The van der Waals surface area contributed by atoms with Gasteiger partial charge in [0.2, 0.25) is 5.91 Å². The Balaban J connectivity index is 1.79. The van der Waals surface area contributed by atoms with E-state index in [4.69, 9.17) is 0 Å². The minimum Gasteiger partial charge on any atom is -0.340 e. The Kier molecular flexibility index (Phi) is 3.61. The van der Waals surface area contributed by atoms with Crippen LogP contribution in [0.3, 0.4) is 0 Å². The summed E-state index contributed by atoms with van der Waals surface area (Å²) in [6, 6.07) is 2.70. The molecule has 0 bridgehead atoms. The van der Waals surface area contributed by atoms with Crippen LogP contribution in [-0.2, 0) is 11.3 Å². The highest BCUT2D eigenvalue weighted by atomic mass is 32.1. The second kappa shape index (κ2) is 4.97. The van der Waals surface area contributed by atoms with Crippen LogP contribution in [-0.4, -0.2) is 30.4 Å². The van der Waals surface area contributed by atoms with Crippen molar-refractivity contribution in [3.63, 3.8) is 0 Å². The van der Waals surface area contributed by atoms with Crippen LogP contribution in [0.15, 0.2) is 11.4 Å². The summed E-state index contributed by atoms with van der Waals surface area (Å²) >= 11 is 1.72. The zero-order valence-corrected chi connectivity index (χ0v) is 10.6. The quantitative estimate of drug-likeness (QED) is 0.848. The minimum atomic E-state index is 0.180. The van der Waals surface area contributed by atoms with E-state index in [1.165, 1.54) is 23.3 Å². The number of aryl methyl sites for hydroxylation is 1. The van der Waals surface area contributed by atoms with E-state index in [1.54, 1.807) is 16.2 Å². The van der Waals surface area contributed by atoms with Crippen molar-refractivity contribution in [3.05, 3.63) is 21.9 Å². The van der Waals surface area contributed by atoms with Crippen LogP contribution < -0.4 is 5.32 Å². The molecule has 1 fully saturated rings. The molecule has 16 heavy (non-hydrogen) atoms. The number of rotatable bonds is 5. The van der Waals surface area contributed by atoms with Gasteiger partial charge in [0.15, 0.2) is 0 Å². The first-order valence-electron chi connectivity index (χ1n) is 5.67. The molecule has 1 saturated carbocycles. The van der Waals surface area contributed by atoms with Crippen molar-refractivity contribution >= 4 is 17.2 Å². The second-order valence-corrected chi connectivity index (χ2v) is 5.43. The van der Waals surface area contributed by atoms with Crippen LogP contribution in [0.25, 0.3) is 0 Å². The molecule has 88 valence electrons. The summed E-state index contributed by atoms with van der Waals surface area (Å²) in [5.74, 6) is 0.180. The highest BCUT2D eigenvalue weighted by Crippen LogP contribution is 2.19. The van der Waals surface area contributed by atoms with E-state index in [0.717, 1.165) is 6.54 Å². The van der Waals surface area contributed by atoms with Gasteiger partial charge in [-0.25, -0.2) is 0 Å². The molecule has 1 aliphatic carbocycles. The normalized spacial score (nSPS) is 15.1. The Morgan fingerprint density at radius 2 is 2.38 bits per heavy atom. The van der Waals surface area contributed by atoms with Crippen molar-refractivity contribution in [3.8, 4) is 0 Å². The number of likely N-dealkylation sites (N-methyl/N-ethyl adjacent to an activating group) is 1. The molecule has 2 rings (SSSR count). The van der Waals surface area contributed by atoms with E-state index in [9.17, 15) is 4.79 Å². The third-order valence-electron chi connectivity index (χ3n) is 2.89. The SMILES string of the molecule is Cc1ccsc1CN(C)C(=O)CNC1CC1. The van der Waals surface area contributed by atoms with Gasteiger partial charge in [0, 0.05) is 18.0 Å². The van der Waals surface area contributed by atoms with Crippen LogP contribution in [0.5, 0.6) is 0 Å². The molecule has 4 heteroatoms. The molecule has 0 aliphatic heterocycles. The first-order valence-corrected chi connectivity index (χ1v) is 6.55. The van der Waals surface area contributed by atoms with Gasteiger partial charge in [-0.1, -0.05) is 0 Å². The van der Waals surface area contributed by atoms with Gasteiger partial charge in [-0.05, 0) is 36.8 Å². The average Bonchev–Trinajstić information content (AvgIpc) is 3.01. The van der Waals surface area contributed by atoms with Gasteiger partial charge in [0.25, 0.3) is 0 Å². The fourth-order valence-electron chi connectivity index (χ4n) is 1.52. The highest BCUT2D eigenvalue weighted by Gasteiger charge is 2.22. The lowest BCUT2D eigenvalue weighted by Crippen LogP contribution is -2.35. The number of thiophene rings is 1. The van der Waals surface area contributed by atoms with Crippen molar-refractivity contribution < 1.29 is 4.79 Å². The lowest BCUT2D eigenvalue weighted by atomic mass is 10.3. The molecule has 1 heterocycles. The monoisotopic (exact) mass is 238 g/mol. The van der Waals surface area contributed by atoms with Gasteiger partial charge in [-0.15, -0.1) is 11.3 Å². The van der Waals surface area contributed by atoms with Crippen molar-refractivity contribution in [1.82, 2.24) is 10.2 Å². The first-order chi connectivity index (χ1) is 7.66. The second-order valence-electron chi connectivity index (χ2n) is 4.43. The van der Waals surface area contributed by atoms with Crippen LogP contribution in [0.2, 0.25) is 0 Å². The molecule has 1 N–H and O–H groups in total. The summed E-state index contributed by atoms with van der Waals surface area (Å²) in [4.78, 5) is 14.9. The fourth-order valence-corrected chi connectivity index (χ4v) is 2.48. The number of amides is 1. The number of nitrogens with one attached hydrogen (secondary N) is 1. The summed E-state index contributed by atoms with van der Waals surface area (Å²) < 4.78 is 0. The summed E-state index contributed by atoms with van der Waals surface area (Å²) in [6.45, 7) is 3.30. The molecule has 1 aromatic rings. The number of carbonyl (C=O) groups excluding carboxylic acids is 1. The molecule has 1 amide bonds. The molecular weight excluding hydrogens is 220 g/mol. The molecule has 1 aromatic heterocycles. The zero-order chi connectivity index (χ0) is 11.5. The van der Waals surface area contributed by atoms with Gasteiger partial charge in [-0.2, -0.15) is 0 Å². The maximum atomic E-state index is 11.8. The predicted molar refractivity (Wildman–Crippen MR) is 66.6 cm³/mol. The Morgan fingerprint density at radius 1 is 1.62 bits per heavy atom. The molecular formula is C12H18N2OS. The van der Waals surface area contributed by atoms with Gasteiger partial charge < -0.3 is 10.2 Å². The van der Waals surface area contributed by atoms with Gasteiger partial charge in [0.1, 0.15) is 0 Å². The fraction of sp³-hybridized carbons (Fsp3) is 0.583. The zero-order valence-electron chi connectivity index (χ0n) is 9.82. The molecule has 0 aromatic carbocycles. The molecule has 1 aliphatic rings. The lowest BCUT2D eigenvalue weighted by molar-refractivity contribution is -0.129. The Labute approximate surface area is 100 Å². The van der Waals surface area contributed by atoms with Crippen molar-refractivity contribution in [2.24, 2.45) is 0 Å². The highest BCUT2D eigenvalue weighted by molar-refractivity contribution is 7.10. The first kappa shape index (κ1) is 11.6. The smallest absolute Gasteiger partial charge is 0.236 e. The van der Waals surface area contributed by atoms with Gasteiger partial charge in [-0.3, -0.25) is 4.79 Å². The van der Waals surface area contributed by atoms with E-state index in [2.05, 4.69) is 23.7 Å². The molecule has 0 radical (unpaired) electrons. The van der Waals surface area contributed by atoms with Crippen LogP contribution in [0, 0.1) is 6.92 Å². The summed E-state index contributed by atoms with van der Waals surface area (Å²) in [7, 11) is 1.87. The van der Waals surface area contributed by atoms with E-state index in [1.807, 2.05) is 7.05 Å². The molecule has 0 spiro atoms. The summed E-state index contributed by atoms with van der Waals surface area (Å²) in [5, 5.41) is 5.32. The van der Waals surface area contributed by atoms with E-state index in [-0.39, 0.29) is 5.91 Å². The van der Waals surface area contributed by atoms with E-state index in [0.29, 0.717) is 12.6 Å². The molecule has 0 unspecified atom stereocenters. The summed E-state index contributed by atoms with van der Waals surface area (Å²) in [6.07, 6.45) is 2.45. The van der Waals surface area contributed by atoms with Crippen molar-refractivity contribution in [2.75, 3.05) is 13.6 Å². The lowest BCUT2D eigenvalue weighted by Gasteiger charge is -2.17. The van der Waals surface area contributed by atoms with E-state index < -0.39 is 0 Å². The number of hydrogen-bond donors (Lipinski definition) is 1. The Morgan fingerprint density at radius 3 is 2.94 bits per heavy atom. The van der Waals surface area contributed by atoms with Crippen LogP contribution in [0.1, 0.15) is 23.3 Å². The van der Waals surface area contributed by atoms with Crippen molar-refractivity contribution in [1.29, 1.82) is 0 Å². The molecule has 3 nitrogen and oxygen atoms in total. The Bertz CT molecular complexity index is 371. The third-order valence-corrected chi connectivity index (χ3v) is 3.90. The van der Waals surface area contributed by atoms with Crippen LogP contribution in [0.4, 0.5) is 0 Å².